The lowest BCUT2D eigenvalue weighted by atomic mass is 10.2. The lowest BCUT2D eigenvalue weighted by Crippen LogP contribution is -2.48. The predicted molar refractivity (Wildman–Crippen MR) is 84.9 cm³/mol. The van der Waals surface area contributed by atoms with Crippen molar-refractivity contribution < 1.29 is 4.79 Å². The van der Waals surface area contributed by atoms with Crippen molar-refractivity contribution in [2.45, 2.75) is 6.92 Å². The van der Waals surface area contributed by atoms with Crippen LogP contribution in [0.3, 0.4) is 0 Å². The molecule has 1 aromatic carbocycles. The van der Waals surface area contributed by atoms with Crippen molar-refractivity contribution in [1.82, 2.24) is 9.78 Å². The van der Waals surface area contributed by atoms with Crippen LogP contribution in [0.4, 0.5) is 16.3 Å². The van der Waals surface area contributed by atoms with Crippen molar-refractivity contribution in [3.05, 3.63) is 40.0 Å². The van der Waals surface area contributed by atoms with Crippen LogP contribution in [0.25, 0.3) is 0 Å². The summed E-state index contributed by atoms with van der Waals surface area (Å²) in [6.07, 6.45) is 0. The van der Waals surface area contributed by atoms with Gasteiger partial charge in [0.25, 0.3) is 0 Å². The van der Waals surface area contributed by atoms with Crippen LogP contribution in [-0.2, 0) is 7.05 Å². The number of urea groups is 1. The van der Waals surface area contributed by atoms with Gasteiger partial charge >= 0.3 is 6.03 Å². The predicted octanol–water partition coefficient (Wildman–Crippen LogP) is 2.97. The van der Waals surface area contributed by atoms with Crippen molar-refractivity contribution in [3.63, 3.8) is 0 Å². The topological polar surface area (TPSA) is 67.4 Å². The summed E-state index contributed by atoms with van der Waals surface area (Å²) in [5.74, 6) is 0.459. The van der Waals surface area contributed by atoms with Gasteiger partial charge in [-0.3, -0.25) is 5.01 Å². The van der Waals surface area contributed by atoms with Gasteiger partial charge in [-0.2, -0.15) is 5.10 Å². The summed E-state index contributed by atoms with van der Waals surface area (Å²) >= 11 is 12.0. The third-order valence-corrected chi connectivity index (χ3v) is 3.72. The minimum absolute atomic E-state index is 0.161. The van der Waals surface area contributed by atoms with Gasteiger partial charge in [-0.1, -0.05) is 40.9 Å². The van der Waals surface area contributed by atoms with Gasteiger partial charge < -0.3 is 5.73 Å². The van der Waals surface area contributed by atoms with E-state index in [-0.39, 0.29) is 10.2 Å². The lowest BCUT2D eigenvalue weighted by Gasteiger charge is -2.31. The Morgan fingerprint density at radius 3 is 2.29 bits per heavy atom. The average molecular weight is 328 g/mol. The molecule has 8 heteroatoms. The van der Waals surface area contributed by atoms with Crippen molar-refractivity contribution in [2.24, 2.45) is 12.8 Å². The fourth-order valence-electron chi connectivity index (χ4n) is 2.04. The fraction of sp³-hybridized carbons (Fsp3) is 0.231. The van der Waals surface area contributed by atoms with E-state index in [0.29, 0.717) is 11.5 Å². The lowest BCUT2D eigenvalue weighted by molar-refractivity contribution is 0.253. The Bertz CT molecular complexity index is 668. The number of hydrogen-bond donors (Lipinski definition) is 1. The maximum absolute atomic E-state index is 11.8. The number of anilines is 2. The summed E-state index contributed by atoms with van der Waals surface area (Å²) in [5.41, 5.74) is 7.18. The molecule has 1 aromatic heterocycles. The Hall–Kier alpha value is -1.92. The number of amides is 2. The molecule has 0 saturated carbocycles. The summed E-state index contributed by atoms with van der Waals surface area (Å²) in [4.78, 5) is 11.8. The number of aromatic nitrogens is 2. The number of benzene rings is 1. The van der Waals surface area contributed by atoms with E-state index < -0.39 is 6.03 Å². The zero-order valence-corrected chi connectivity index (χ0v) is 13.4. The highest BCUT2D eigenvalue weighted by atomic mass is 35.5. The SMILES string of the molecule is Cc1ccc(N(C(N)=O)N(C)c2c(Cl)c(Cl)nn2C)cc1. The summed E-state index contributed by atoms with van der Waals surface area (Å²) in [6, 6.07) is 6.72. The minimum Gasteiger partial charge on any atom is -0.350 e. The van der Waals surface area contributed by atoms with Gasteiger partial charge in [-0.25, -0.2) is 14.5 Å². The first-order chi connectivity index (χ1) is 9.82. The van der Waals surface area contributed by atoms with Gasteiger partial charge in [0, 0.05) is 14.1 Å². The monoisotopic (exact) mass is 327 g/mol. The Labute approximate surface area is 132 Å². The zero-order chi connectivity index (χ0) is 15.7. The molecule has 0 aliphatic carbocycles. The number of halogens is 2. The van der Waals surface area contributed by atoms with E-state index in [1.54, 1.807) is 26.2 Å². The minimum atomic E-state index is -0.644. The first-order valence-electron chi connectivity index (χ1n) is 6.10. The molecule has 112 valence electrons. The Balaban J connectivity index is 2.47. The van der Waals surface area contributed by atoms with E-state index in [0.717, 1.165) is 5.56 Å². The normalized spacial score (nSPS) is 10.5. The second-order valence-corrected chi connectivity index (χ2v) is 5.30. The van der Waals surface area contributed by atoms with Crippen LogP contribution < -0.4 is 15.8 Å². The molecule has 2 amide bonds. The molecule has 1 heterocycles. The van der Waals surface area contributed by atoms with Crippen LogP contribution in [0.5, 0.6) is 0 Å². The number of hydrogen-bond acceptors (Lipinski definition) is 3. The van der Waals surface area contributed by atoms with Crippen LogP contribution in [0.15, 0.2) is 24.3 Å². The van der Waals surface area contributed by atoms with Crippen LogP contribution in [0, 0.1) is 6.92 Å². The molecule has 2 N–H and O–H groups in total. The molecule has 21 heavy (non-hydrogen) atoms. The molecule has 0 bridgehead atoms. The highest BCUT2D eigenvalue weighted by Gasteiger charge is 2.25. The van der Waals surface area contributed by atoms with E-state index >= 15 is 0 Å². The fourth-order valence-corrected chi connectivity index (χ4v) is 2.52. The third kappa shape index (κ3) is 2.91. The van der Waals surface area contributed by atoms with E-state index in [4.69, 9.17) is 28.9 Å². The van der Waals surface area contributed by atoms with Crippen LogP contribution in [-0.4, -0.2) is 22.9 Å². The molecule has 0 aliphatic rings. The molecular weight excluding hydrogens is 313 g/mol. The summed E-state index contributed by atoms with van der Waals surface area (Å²) in [5, 5.41) is 7.22. The first-order valence-corrected chi connectivity index (χ1v) is 6.86. The number of nitrogens with two attached hydrogens (primary N) is 1. The molecule has 0 spiro atoms. The Morgan fingerprint density at radius 2 is 1.86 bits per heavy atom. The second kappa shape index (κ2) is 5.83. The van der Waals surface area contributed by atoms with E-state index in [2.05, 4.69) is 5.10 Å². The van der Waals surface area contributed by atoms with Crippen molar-refractivity contribution in [1.29, 1.82) is 0 Å². The summed E-state index contributed by atoms with van der Waals surface area (Å²) < 4.78 is 1.48. The molecule has 0 atom stereocenters. The van der Waals surface area contributed by atoms with Gasteiger partial charge in [0.15, 0.2) is 11.0 Å². The summed E-state index contributed by atoms with van der Waals surface area (Å²) in [6.45, 7) is 1.96. The molecule has 0 aliphatic heterocycles. The van der Waals surface area contributed by atoms with Gasteiger partial charge in [-0.15, -0.1) is 0 Å². The highest BCUT2D eigenvalue weighted by Crippen LogP contribution is 2.33. The Morgan fingerprint density at radius 1 is 1.29 bits per heavy atom. The molecule has 0 fully saturated rings. The van der Waals surface area contributed by atoms with Gasteiger partial charge in [-0.05, 0) is 19.1 Å². The first kappa shape index (κ1) is 15.5. The van der Waals surface area contributed by atoms with Gasteiger partial charge in [0.2, 0.25) is 0 Å². The number of rotatable bonds is 3. The number of carbonyl (C=O) groups is 1. The number of nitrogens with zero attached hydrogens (tertiary/aromatic N) is 4. The molecule has 0 unspecified atom stereocenters. The van der Waals surface area contributed by atoms with Gasteiger partial charge in [0.05, 0.1) is 5.69 Å². The van der Waals surface area contributed by atoms with Crippen LogP contribution >= 0.6 is 23.2 Å². The standard InChI is InChI=1S/C13H15Cl2N5O/c1-8-4-6-9(7-5-8)20(13(16)21)19(3)12-10(14)11(15)17-18(12)2/h4-7H,1-3H3,(H2,16,21). The molecule has 0 radical (unpaired) electrons. The molecule has 6 nitrogen and oxygen atoms in total. The highest BCUT2D eigenvalue weighted by molar-refractivity contribution is 6.43. The van der Waals surface area contributed by atoms with Crippen LogP contribution in [0.2, 0.25) is 10.2 Å². The number of hydrazine groups is 1. The number of aryl methyl sites for hydroxylation is 2. The third-order valence-electron chi connectivity index (χ3n) is 3.02. The molecular formula is C13H15Cl2N5O. The number of carbonyl (C=O) groups excluding carboxylic acids is 1. The summed E-state index contributed by atoms with van der Waals surface area (Å²) in [7, 11) is 3.34. The largest absolute Gasteiger partial charge is 0.350 e. The van der Waals surface area contributed by atoms with E-state index in [1.165, 1.54) is 14.7 Å². The zero-order valence-electron chi connectivity index (χ0n) is 11.8. The second-order valence-electron chi connectivity index (χ2n) is 4.56. The van der Waals surface area contributed by atoms with Crippen LogP contribution in [0.1, 0.15) is 5.56 Å². The smallest absolute Gasteiger partial charge is 0.338 e. The average Bonchev–Trinajstić information content (AvgIpc) is 2.65. The quantitative estimate of drug-likeness (QED) is 0.881. The van der Waals surface area contributed by atoms with E-state index in [9.17, 15) is 4.79 Å². The number of primary amides is 1. The maximum Gasteiger partial charge on any atom is 0.338 e. The maximum atomic E-state index is 11.8. The van der Waals surface area contributed by atoms with Gasteiger partial charge in [0.1, 0.15) is 5.02 Å². The van der Waals surface area contributed by atoms with Crippen molar-refractivity contribution >= 4 is 40.7 Å². The molecule has 2 rings (SSSR count). The molecule has 0 saturated heterocycles. The van der Waals surface area contributed by atoms with E-state index in [1.807, 2.05) is 19.1 Å². The van der Waals surface area contributed by atoms with Crippen molar-refractivity contribution in [2.75, 3.05) is 17.1 Å². The van der Waals surface area contributed by atoms with Crippen molar-refractivity contribution in [3.8, 4) is 0 Å². The Kier molecular flexibility index (Phi) is 4.29. The molecule has 2 aromatic rings.